The molecule has 0 spiro atoms. The number of aliphatic hydroxyl groups is 1. The summed E-state index contributed by atoms with van der Waals surface area (Å²) >= 11 is 0. The van der Waals surface area contributed by atoms with Crippen LogP contribution in [0.25, 0.3) is 0 Å². The quantitative estimate of drug-likeness (QED) is 0.217. The van der Waals surface area contributed by atoms with Crippen LogP contribution in [0.3, 0.4) is 0 Å². The van der Waals surface area contributed by atoms with Crippen molar-refractivity contribution in [1.82, 2.24) is 19.6 Å². The van der Waals surface area contributed by atoms with Crippen molar-refractivity contribution in [2.24, 2.45) is 5.92 Å². The predicted octanol–water partition coefficient (Wildman–Crippen LogP) is 2.00. The van der Waals surface area contributed by atoms with Crippen molar-refractivity contribution in [3.05, 3.63) is 79.6 Å². The maximum absolute atomic E-state index is 13.5. The second-order valence-corrected chi connectivity index (χ2v) is 19.8. The fourth-order valence-corrected chi connectivity index (χ4v) is 7.68. The van der Waals surface area contributed by atoms with E-state index in [9.17, 15) is 27.9 Å². The molecule has 4 N–H and O–H groups in total. The van der Waals surface area contributed by atoms with Crippen LogP contribution in [0.1, 0.15) is 52.0 Å². The highest BCUT2D eigenvalue weighted by Gasteiger charge is 2.64. The number of fused-ring (bicyclic) bond motifs is 1. The van der Waals surface area contributed by atoms with Gasteiger partial charge in [-0.2, -0.15) is 4.72 Å². The molecule has 15 heteroatoms. The van der Waals surface area contributed by atoms with Crippen molar-refractivity contribution in [3.8, 4) is 0 Å². The highest BCUT2D eigenvalue weighted by atomic mass is 32.2. The van der Waals surface area contributed by atoms with Gasteiger partial charge in [-0.3, -0.25) is 19.1 Å². The largest absolute Gasteiger partial charge is 0.460 e. The van der Waals surface area contributed by atoms with Crippen LogP contribution in [-0.2, 0) is 35.3 Å². The SMILES string of the molecule is Cc1cn([C@@H]2O[C@@H]3CN/C(=C/S(=O)(=O)N[C@H](C(=O)OCc4ccccc4)C(C)C)[C@]3(O)[C@H]2O[Si](C)(C)C(C)(C)C)c(=O)[nH]c1=O. The molecule has 0 amide bonds. The Morgan fingerprint density at radius 3 is 2.49 bits per heavy atom. The average molecular weight is 665 g/mol. The number of H-pyrrole nitrogens is 1. The number of ether oxygens (including phenoxy) is 2. The number of rotatable bonds is 10. The number of benzene rings is 1. The predicted molar refractivity (Wildman–Crippen MR) is 170 cm³/mol. The Kier molecular flexibility index (Phi) is 9.74. The number of carbonyl (C=O) groups is 1. The fourth-order valence-electron chi connectivity index (χ4n) is 5.02. The molecule has 0 saturated carbocycles. The van der Waals surface area contributed by atoms with E-state index in [1.807, 2.05) is 39.9 Å². The smallest absolute Gasteiger partial charge is 0.330 e. The van der Waals surface area contributed by atoms with E-state index in [-0.39, 0.29) is 29.5 Å². The summed E-state index contributed by atoms with van der Waals surface area (Å²) in [5, 5.41) is 15.8. The van der Waals surface area contributed by atoms with Gasteiger partial charge in [0.15, 0.2) is 20.1 Å². The zero-order valence-corrected chi connectivity index (χ0v) is 28.7. The summed E-state index contributed by atoms with van der Waals surface area (Å²) < 4.78 is 48.9. The van der Waals surface area contributed by atoms with Crippen molar-refractivity contribution in [3.63, 3.8) is 0 Å². The summed E-state index contributed by atoms with van der Waals surface area (Å²) in [6.45, 7) is 14.8. The highest BCUT2D eigenvalue weighted by Crippen LogP contribution is 2.49. The lowest BCUT2D eigenvalue weighted by Gasteiger charge is -2.42. The second-order valence-electron chi connectivity index (χ2n) is 13.5. The van der Waals surface area contributed by atoms with Gasteiger partial charge >= 0.3 is 11.7 Å². The fraction of sp³-hybridized carbons (Fsp3) is 0.567. The topological polar surface area (TPSA) is 178 Å². The van der Waals surface area contributed by atoms with Crippen molar-refractivity contribution in [1.29, 1.82) is 0 Å². The number of esters is 1. The van der Waals surface area contributed by atoms with E-state index in [4.69, 9.17) is 13.9 Å². The number of hydrogen-bond acceptors (Lipinski definition) is 10. The van der Waals surface area contributed by atoms with Crippen LogP contribution in [0.5, 0.6) is 0 Å². The first-order valence-electron chi connectivity index (χ1n) is 14.8. The van der Waals surface area contributed by atoms with Crippen LogP contribution in [0.2, 0.25) is 18.1 Å². The molecule has 0 radical (unpaired) electrons. The number of nitrogens with one attached hydrogen (secondary N) is 3. The van der Waals surface area contributed by atoms with Gasteiger partial charge in [0.2, 0.25) is 10.0 Å². The first-order chi connectivity index (χ1) is 20.8. The Hall–Kier alpha value is -3.08. The van der Waals surface area contributed by atoms with Crippen molar-refractivity contribution >= 4 is 24.3 Å². The van der Waals surface area contributed by atoms with Gasteiger partial charge in [0.25, 0.3) is 5.56 Å². The van der Waals surface area contributed by atoms with Crippen LogP contribution < -0.4 is 21.3 Å². The zero-order chi connectivity index (χ0) is 33.5. The molecule has 2 aliphatic rings. The van der Waals surface area contributed by atoms with Gasteiger partial charge < -0.3 is 24.3 Å². The van der Waals surface area contributed by atoms with E-state index in [1.165, 1.54) is 13.1 Å². The third-order valence-electron chi connectivity index (χ3n) is 8.75. The number of aromatic nitrogens is 2. The van der Waals surface area contributed by atoms with Gasteiger partial charge in [0.1, 0.15) is 24.9 Å². The second kappa shape index (κ2) is 12.6. The third kappa shape index (κ3) is 7.18. The third-order valence-corrected chi connectivity index (χ3v) is 14.3. The maximum Gasteiger partial charge on any atom is 0.330 e. The lowest BCUT2D eigenvalue weighted by molar-refractivity contribution is -0.148. The molecule has 3 heterocycles. The van der Waals surface area contributed by atoms with Gasteiger partial charge in [0.05, 0.1) is 11.1 Å². The van der Waals surface area contributed by atoms with E-state index < -0.39 is 71.6 Å². The Bertz CT molecular complexity index is 1660. The van der Waals surface area contributed by atoms with E-state index in [0.717, 1.165) is 15.5 Å². The first kappa shape index (κ1) is 34.8. The summed E-state index contributed by atoms with van der Waals surface area (Å²) in [7, 11) is -7.05. The molecular formula is C30H44N4O9SSi. The number of aryl methyl sites for hydroxylation is 1. The molecule has 5 atom stereocenters. The van der Waals surface area contributed by atoms with E-state index in [0.29, 0.717) is 0 Å². The Labute approximate surface area is 264 Å². The molecule has 4 rings (SSSR count). The normalized spacial score (nSPS) is 25.3. The number of sulfonamides is 1. The van der Waals surface area contributed by atoms with E-state index >= 15 is 0 Å². The molecule has 1 aromatic heterocycles. The Balaban J connectivity index is 1.69. The molecule has 0 unspecified atom stereocenters. The molecule has 2 saturated heterocycles. The Morgan fingerprint density at radius 1 is 1.24 bits per heavy atom. The van der Waals surface area contributed by atoms with Gasteiger partial charge in [-0.15, -0.1) is 0 Å². The van der Waals surface area contributed by atoms with Gasteiger partial charge in [0, 0.05) is 18.3 Å². The van der Waals surface area contributed by atoms with Crippen LogP contribution in [-0.4, -0.2) is 67.8 Å². The molecule has 2 aromatic rings. The van der Waals surface area contributed by atoms with Crippen LogP contribution in [0.4, 0.5) is 0 Å². The molecule has 1 aromatic carbocycles. The summed E-state index contributed by atoms with van der Waals surface area (Å²) in [4.78, 5) is 40.3. The van der Waals surface area contributed by atoms with Gasteiger partial charge in [-0.1, -0.05) is 65.0 Å². The zero-order valence-electron chi connectivity index (χ0n) is 26.9. The summed E-state index contributed by atoms with van der Waals surface area (Å²) in [6, 6.07) is 7.81. The molecule has 2 aliphatic heterocycles. The van der Waals surface area contributed by atoms with E-state index in [2.05, 4.69) is 15.0 Å². The maximum atomic E-state index is 13.5. The summed E-state index contributed by atoms with van der Waals surface area (Å²) in [5.74, 6) is -1.21. The molecule has 2 fully saturated rings. The van der Waals surface area contributed by atoms with Crippen LogP contribution in [0, 0.1) is 12.8 Å². The number of nitrogens with zero attached hydrogens (tertiary/aromatic N) is 1. The van der Waals surface area contributed by atoms with Gasteiger partial charge in [-0.25, -0.2) is 13.2 Å². The minimum absolute atomic E-state index is 0.00945. The highest BCUT2D eigenvalue weighted by molar-refractivity contribution is 7.92. The monoisotopic (exact) mass is 664 g/mol. The molecule has 248 valence electrons. The molecule has 0 bridgehead atoms. The molecule has 0 aliphatic carbocycles. The van der Waals surface area contributed by atoms with Crippen LogP contribution in [0.15, 0.2) is 57.2 Å². The lowest BCUT2D eigenvalue weighted by Crippen LogP contribution is -2.55. The van der Waals surface area contributed by atoms with Crippen LogP contribution >= 0.6 is 0 Å². The number of hydrogen-bond donors (Lipinski definition) is 4. The summed E-state index contributed by atoms with van der Waals surface area (Å²) in [6.07, 6.45) is -2.09. The molecule has 45 heavy (non-hydrogen) atoms. The minimum atomic E-state index is -4.36. The lowest BCUT2D eigenvalue weighted by atomic mass is 9.92. The Morgan fingerprint density at radius 2 is 1.89 bits per heavy atom. The van der Waals surface area contributed by atoms with Crippen molar-refractivity contribution in [2.45, 2.75) is 96.4 Å². The van der Waals surface area contributed by atoms with Gasteiger partial charge in [-0.05, 0) is 36.5 Å². The number of carbonyl (C=O) groups excluding carboxylic acids is 1. The van der Waals surface area contributed by atoms with E-state index in [1.54, 1.807) is 38.1 Å². The summed E-state index contributed by atoms with van der Waals surface area (Å²) in [5.41, 5.74) is -2.46. The molecule has 13 nitrogen and oxygen atoms in total. The standard InChI is InChI=1S/C30H44N4O9SSi/c1-18(2)23(27(36)41-16-20-12-10-9-11-13-20)33-44(39,40)17-21-30(38)22(14-31-21)42-26(24(30)43-45(7,8)29(4,5)6)34-15-19(3)25(35)32-28(34)37/h9-13,15,17-18,22-24,26,31,33,38H,14,16H2,1-8H3,(H,32,35,37)/b21-17+/t22-,23+,24+,26-,30-/m1/s1. The van der Waals surface area contributed by atoms with Crippen molar-refractivity contribution in [2.75, 3.05) is 6.54 Å². The van der Waals surface area contributed by atoms with Crippen molar-refractivity contribution < 1.29 is 32.2 Å². The number of aromatic amines is 1. The first-order valence-corrected chi connectivity index (χ1v) is 19.3. The molecular weight excluding hydrogens is 621 g/mol. The average Bonchev–Trinajstić information content (AvgIpc) is 3.39. The minimum Gasteiger partial charge on any atom is -0.460 e.